The molecule has 1 amide bonds. The largest absolute Gasteiger partial charge is 0.462 e. The van der Waals surface area contributed by atoms with Gasteiger partial charge in [-0.05, 0) is 62.3 Å². The molecule has 0 radical (unpaired) electrons. The summed E-state index contributed by atoms with van der Waals surface area (Å²) in [6, 6.07) is 17.5. The van der Waals surface area contributed by atoms with Crippen LogP contribution in [0.3, 0.4) is 0 Å². The summed E-state index contributed by atoms with van der Waals surface area (Å²) in [4.78, 5) is 32.8. The predicted octanol–water partition coefficient (Wildman–Crippen LogP) is 7.22. The highest BCUT2D eigenvalue weighted by atomic mass is 32.1. The first kappa shape index (κ1) is 24.2. The number of benzene rings is 2. The lowest BCUT2D eigenvalue weighted by Crippen LogP contribution is -2.17. The Balaban J connectivity index is 1.58. The molecule has 5 rings (SSSR count). The Labute approximate surface area is 215 Å². The summed E-state index contributed by atoms with van der Waals surface area (Å²) in [5.74, 6) is -0.00406. The molecule has 0 spiro atoms. The van der Waals surface area contributed by atoms with E-state index in [0.717, 1.165) is 59.0 Å². The predicted molar refractivity (Wildman–Crippen MR) is 146 cm³/mol. The molecule has 2 heterocycles. The number of carbonyl (C=O) groups excluding carboxylic acids is 2. The van der Waals surface area contributed by atoms with Crippen molar-refractivity contribution >= 4 is 39.1 Å². The van der Waals surface area contributed by atoms with E-state index in [-0.39, 0.29) is 11.9 Å². The maximum Gasteiger partial charge on any atom is 0.341 e. The number of nitrogens with zero attached hydrogens (tertiary/aromatic N) is 1. The van der Waals surface area contributed by atoms with Gasteiger partial charge in [0.1, 0.15) is 5.00 Å². The number of pyridine rings is 1. The molecule has 0 fully saturated rings. The van der Waals surface area contributed by atoms with Crippen molar-refractivity contribution in [1.29, 1.82) is 0 Å². The van der Waals surface area contributed by atoms with Gasteiger partial charge in [0.2, 0.25) is 0 Å². The van der Waals surface area contributed by atoms with Crippen molar-refractivity contribution in [3.05, 3.63) is 81.7 Å². The second-order valence-corrected chi connectivity index (χ2v) is 10.4. The standard InChI is InChI=1S/C30H30N2O3S/c1-4-19-14-15-22-26(16-19)36-29(27(22)30(34)35-5-2)32-28(33)23-17-25(20-11-7-6-10-18(20)3)31-24-13-9-8-12-21(23)24/h6-13,17,19H,4-5,14-16H2,1-3H3,(H,32,33)/t19-/m0/s1. The molecule has 1 N–H and O–H groups in total. The number of aryl methyl sites for hydroxylation is 1. The Morgan fingerprint density at radius 1 is 1.11 bits per heavy atom. The van der Waals surface area contributed by atoms with Crippen molar-refractivity contribution in [3.8, 4) is 11.3 Å². The van der Waals surface area contributed by atoms with E-state index in [9.17, 15) is 9.59 Å². The fourth-order valence-corrected chi connectivity index (χ4v) is 6.39. The molecule has 0 aliphatic heterocycles. The summed E-state index contributed by atoms with van der Waals surface area (Å²) in [6.07, 6.45) is 3.94. The minimum absolute atomic E-state index is 0.250. The molecule has 4 aromatic rings. The Morgan fingerprint density at radius 2 is 1.89 bits per heavy atom. The van der Waals surface area contributed by atoms with Gasteiger partial charge in [-0.1, -0.05) is 55.8 Å². The van der Waals surface area contributed by atoms with Crippen LogP contribution in [0.5, 0.6) is 0 Å². The van der Waals surface area contributed by atoms with Gasteiger partial charge >= 0.3 is 5.97 Å². The van der Waals surface area contributed by atoms with E-state index < -0.39 is 0 Å². The zero-order valence-corrected chi connectivity index (χ0v) is 21.7. The van der Waals surface area contributed by atoms with E-state index >= 15 is 0 Å². The number of hydrogen-bond acceptors (Lipinski definition) is 5. The molecule has 184 valence electrons. The number of carbonyl (C=O) groups is 2. The Morgan fingerprint density at radius 3 is 2.67 bits per heavy atom. The second-order valence-electron chi connectivity index (χ2n) is 9.29. The van der Waals surface area contributed by atoms with Crippen LogP contribution in [-0.4, -0.2) is 23.5 Å². The molecule has 1 aliphatic rings. The third-order valence-corrected chi connectivity index (χ3v) is 8.20. The number of hydrogen-bond donors (Lipinski definition) is 1. The monoisotopic (exact) mass is 498 g/mol. The molecule has 36 heavy (non-hydrogen) atoms. The van der Waals surface area contributed by atoms with Gasteiger partial charge in [-0.25, -0.2) is 9.78 Å². The number of thiophene rings is 1. The van der Waals surface area contributed by atoms with Crippen LogP contribution in [0.2, 0.25) is 0 Å². The summed E-state index contributed by atoms with van der Waals surface area (Å²) < 4.78 is 5.40. The van der Waals surface area contributed by atoms with Crippen molar-refractivity contribution in [2.75, 3.05) is 11.9 Å². The molecule has 6 heteroatoms. The minimum Gasteiger partial charge on any atom is -0.462 e. The fourth-order valence-electron chi connectivity index (χ4n) is 5.04. The summed E-state index contributed by atoms with van der Waals surface area (Å²) in [5.41, 5.74) is 5.68. The number of para-hydroxylation sites is 1. The minimum atomic E-state index is -0.361. The Bertz CT molecular complexity index is 1460. The first-order chi connectivity index (χ1) is 17.5. The first-order valence-electron chi connectivity index (χ1n) is 12.6. The van der Waals surface area contributed by atoms with E-state index in [1.165, 1.54) is 16.2 Å². The van der Waals surface area contributed by atoms with E-state index in [0.29, 0.717) is 28.7 Å². The Hall–Kier alpha value is -3.51. The molecular weight excluding hydrogens is 468 g/mol. The van der Waals surface area contributed by atoms with Gasteiger partial charge in [0.05, 0.1) is 28.9 Å². The maximum atomic E-state index is 13.8. The number of rotatable bonds is 6. The topological polar surface area (TPSA) is 68.3 Å². The van der Waals surface area contributed by atoms with Crippen LogP contribution in [-0.2, 0) is 17.6 Å². The zero-order chi connectivity index (χ0) is 25.2. The quantitative estimate of drug-likeness (QED) is 0.285. The van der Waals surface area contributed by atoms with E-state index in [4.69, 9.17) is 9.72 Å². The average molecular weight is 499 g/mol. The molecule has 0 saturated carbocycles. The normalized spacial score (nSPS) is 14.9. The summed E-state index contributed by atoms with van der Waals surface area (Å²) in [5, 5.41) is 4.45. The fraction of sp³-hybridized carbons (Fsp3) is 0.300. The van der Waals surface area contributed by atoms with Gasteiger partial charge in [0.25, 0.3) is 5.91 Å². The van der Waals surface area contributed by atoms with Crippen LogP contribution in [0.4, 0.5) is 5.00 Å². The molecule has 1 aliphatic carbocycles. The van der Waals surface area contributed by atoms with Crippen LogP contribution >= 0.6 is 11.3 Å². The summed E-state index contributed by atoms with van der Waals surface area (Å²) in [6.45, 7) is 6.34. The van der Waals surface area contributed by atoms with E-state index in [1.54, 1.807) is 6.92 Å². The van der Waals surface area contributed by atoms with E-state index in [2.05, 4.69) is 12.2 Å². The molecule has 0 unspecified atom stereocenters. The van der Waals surface area contributed by atoms with Crippen molar-refractivity contribution in [2.24, 2.45) is 5.92 Å². The third kappa shape index (κ3) is 4.53. The van der Waals surface area contributed by atoms with Gasteiger partial charge in [0, 0.05) is 15.8 Å². The van der Waals surface area contributed by atoms with Crippen molar-refractivity contribution in [1.82, 2.24) is 4.98 Å². The van der Waals surface area contributed by atoms with E-state index in [1.807, 2.05) is 61.5 Å². The lowest BCUT2D eigenvalue weighted by atomic mass is 9.85. The van der Waals surface area contributed by atoms with Crippen LogP contribution < -0.4 is 5.32 Å². The molecule has 0 saturated heterocycles. The third-order valence-electron chi connectivity index (χ3n) is 7.03. The van der Waals surface area contributed by atoms with Crippen LogP contribution in [0.15, 0.2) is 54.6 Å². The van der Waals surface area contributed by atoms with Gasteiger partial charge in [0.15, 0.2) is 0 Å². The van der Waals surface area contributed by atoms with Crippen molar-refractivity contribution < 1.29 is 14.3 Å². The number of nitrogens with one attached hydrogen (secondary N) is 1. The highest BCUT2D eigenvalue weighted by Crippen LogP contribution is 2.41. The molecule has 1 atom stereocenters. The molecule has 2 aromatic carbocycles. The van der Waals surface area contributed by atoms with Crippen molar-refractivity contribution in [3.63, 3.8) is 0 Å². The zero-order valence-electron chi connectivity index (χ0n) is 20.9. The number of aromatic nitrogens is 1. The molecule has 5 nitrogen and oxygen atoms in total. The second kappa shape index (κ2) is 10.2. The number of ether oxygens (including phenoxy) is 1. The number of amides is 1. The van der Waals surface area contributed by atoms with Crippen LogP contribution in [0.25, 0.3) is 22.2 Å². The first-order valence-corrected chi connectivity index (χ1v) is 13.4. The van der Waals surface area contributed by atoms with Gasteiger partial charge < -0.3 is 10.1 Å². The number of fused-ring (bicyclic) bond motifs is 2. The molecule has 0 bridgehead atoms. The number of anilines is 1. The smallest absolute Gasteiger partial charge is 0.341 e. The van der Waals surface area contributed by atoms with Crippen LogP contribution in [0.1, 0.15) is 63.4 Å². The SMILES string of the molecule is CCOC(=O)c1c(NC(=O)c2cc(-c3ccccc3C)nc3ccccc23)sc2c1CC[C@H](CC)C2. The molecule has 2 aromatic heterocycles. The average Bonchev–Trinajstić information content (AvgIpc) is 3.25. The lowest BCUT2D eigenvalue weighted by Gasteiger charge is -2.20. The Kier molecular flexibility index (Phi) is 6.88. The van der Waals surface area contributed by atoms with Crippen molar-refractivity contribution in [2.45, 2.75) is 46.5 Å². The van der Waals surface area contributed by atoms with Gasteiger partial charge in [-0.2, -0.15) is 0 Å². The number of esters is 1. The maximum absolute atomic E-state index is 13.8. The highest BCUT2D eigenvalue weighted by Gasteiger charge is 2.30. The summed E-state index contributed by atoms with van der Waals surface area (Å²) >= 11 is 1.52. The lowest BCUT2D eigenvalue weighted by molar-refractivity contribution is 0.0526. The van der Waals surface area contributed by atoms with Gasteiger partial charge in [-0.15, -0.1) is 11.3 Å². The summed E-state index contributed by atoms with van der Waals surface area (Å²) in [7, 11) is 0. The highest BCUT2D eigenvalue weighted by molar-refractivity contribution is 7.17. The van der Waals surface area contributed by atoms with Crippen LogP contribution in [0, 0.1) is 12.8 Å². The molecular formula is C30H30N2O3S. The van der Waals surface area contributed by atoms with Gasteiger partial charge in [-0.3, -0.25) is 4.79 Å².